The molecule has 4 nitrogen and oxygen atoms in total. The van der Waals surface area contributed by atoms with Crippen molar-refractivity contribution in [3.8, 4) is 5.75 Å². The Labute approximate surface area is 132 Å². The highest BCUT2D eigenvalue weighted by atomic mass is 79.9. The lowest BCUT2D eigenvalue weighted by Crippen LogP contribution is -2.06. The molecule has 6 heteroatoms. The number of aromatic nitrogens is 3. The lowest BCUT2D eigenvalue weighted by atomic mass is 10.3. The third-order valence-electron chi connectivity index (χ3n) is 3.00. The molecule has 20 heavy (non-hydrogen) atoms. The zero-order valence-electron chi connectivity index (χ0n) is 11.6. The second-order valence-electron chi connectivity index (χ2n) is 4.28. The zero-order chi connectivity index (χ0) is 14.5. The normalized spacial score (nSPS) is 10.8. The summed E-state index contributed by atoms with van der Waals surface area (Å²) in [6, 6.07) is 3.84. The van der Waals surface area contributed by atoms with E-state index in [9.17, 15) is 0 Å². The number of aryl methyl sites for hydroxylation is 2. The topological polar surface area (TPSA) is 39.9 Å². The summed E-state index contributed by atoms with van der Waals surface area (Å²) in [5.74, 6) is 0.729. The van der Waals surface area contributed by atoms with E-state index < -0.39 is 0 Å². The highest BCUT2D eigenvalue weighted by Crippen LogP contribution is 2.23. The summed E-state index contributed by atoms with van der Waals surface area (Å²) in [5, 5.41) is 5.91. The predicted molar refractivity (Wildman–Crippen MR) is 83.5 cm³/mol. The van der Waals surface area contributed by atoms with Crippen LogP contribution in [0, 0.1) is 0 Å². The molecule has 0 aliphatic heterocycles. The van der Waals surface area contributed by atoms with E-state index in [1.165, 1.54) is 0 Å². The lowest BCUT2D eigenvalue weighted by molar-refractivity contribution is 0.291. The number of halogens is 2. The third-order valence-corrected chi connectivity index (χ3v) is 4.02. The predicted octanol–water partition coefficient (Wildman–Crippen LogP) is 3.99. The van der Waals surface area contributed by atoms with Crippen molar-refractivity contribution in [1.82, 2.24) is 14.8 Å². The van der Waals surface area contributed by atoms with Gasteiger partial charge < -0.3 is 4.74 Å². The van der Waals surface area contributed by atoms with Crippen LogP contribution in [0.1, 0.15) is 30.9 Å². The van der Waals surface area contributed by atoms with E-state index in [0.29, 0.717) is 11.6 Å². The van der Waals surface area contributed by atoms with Crippen molar-refractivity contribution in [2.24, 2.45) is 0 Å². The first kappa shape index (κ1) is 15.3. The maximum atomic E-state index is 6.34. The summed E-state index contributed by atoms with van der Waals surface area (Å²) in [4.78, 5) is 4.27. The molecule has 0 amide bonds. The van der Waals surface area contributed by atoms with E-state index in [2.05, 4.69) is 26.0 Å². The summed E-state index contributed by atoms with van der Waals surface area (Å²) in [6.45, 7) is 5.26. The smallest absolute Gasteiger partial charge is 0.138 e. The molecule has 0 radical (unpaired) electrons. The molecule has 0 unspecified atom stereocenters. The Hall–Kier alpha value is -1.07. The monoisotopic (exact) mass is 357 g/mol. The molecule has 0 spiro atoms. The van der Waals surface area contributed by atoms with Crippen LogP contribution in [0.25, 0.3) is 0 Å². The van der Waals surface area contributed by atoms with Crippen molar-refractivity contribution in [3.63, 3.8) is 0 Å². The van der Waals surface area contributed by atoms with Gasteiger partial charge in [0.25, 0.3) is 0 Å². The Morgan fingerprint density at radius 2 is 2.15 bits per heavy atom. The quantitative estimate of drug-likeness (QED) is 0.733. The number of pyridine rings is 1. The van der Waals surface area contributed by atoms with E-state index in [-0.39, 0.29) is 0 Å². The van der Waals surface area contributed by atoms with Gasteiger partial charge in [0, 0.05) is 11.9 Å². The highest BCUT2D eigenvalue weighted by Gasteiger charge is 2.14. The summed E-state index contributed by atoms with van der Waals surface area (Å²) >= 11 is 9.70. The Kier molecular flexibility index (Phi) is 5.43. The van der Waals surface area contributed by atoms with Gasteiger partial charge in [0.2, 0.25) is 0 Å². The van der Waals surface area contributed by atoms with Crippen LogP contribution < -0.4 is 4.74 Å². The standard InChI is InChI=1S/C14H17BrClN3O/c1-3-12-14(16)13(19(4-2)18-12)9-20-11-6-5-10(7-15)17-8-11/h5-6,8H,3-4,7,9H2,1-2H3. The van der Waals surface area contributed by atoms with Crippen molar-refractivity contribution < 1.29 is 4.74 Å². The van der Waals surface area contributed by atoms with Crippen molar-refractivity contribution in [2.75, 3.05) is 0 Å². The fraction of sp³-hybridized carbons (Fsp3) is 0.429. The van der Waals surface area contributed by atoms with Gasteiger partial charge in [0.15, 0.2) is 0 Å². The van der Waals surface area contributed by atoms with Gasteiger partial charge in [-0.2, -0.15) is 5.10 Å². The molecule has 0 aromatic carbocycles. The van der Waals surface area contributed by atoms with Crippen molar-refractivity contribution >= 4 is 27.5 Å². The molecule has 0 fully saturated rings. The van der Waals surface area contributed by atoms with Crippen LogP contribution in [0.4, 0.5) is 0 Å². The second-order valence-corrected chi connectivity index (χ2v) is 5.22. The van der Waals surface area contributed by atoms with E-state index in [1.807, 2.05) is 30.7 Å². The van der Waals surface area contributed by atoms with Crippen LogP contribution in [0.2, 0.25) is 5.02 Å². The number of ether oxygens (including phenoxy) is 1. The van der Waals surface area contributed by atoms with Gasteiger partial charge in [0.05, 0.1) is 28.3 Å². The average molecular weight is 359 g/mol. The molecule has 2 heterocycles. The first-order valence-corrected chi connectivity index (χ1v) is 8.07. The average Bonchev–Trinajstić information content (AvgIpc) is 2.81. The van der Waals surface area contributed by atoms with Crippen LogP contribution in [0.3, 0.4) is 0 Å². The highest BCUT2D eigenvalue weighted by molar-refractivity contribution is 9.08. The fourth-order valence-corrected chi connectivity index (χ4v) is 2.54. The molecule has 0 aliphatic rings. The SMILES string of the molecule is CCc1nn(CC)c(COc2ccc(CBr)nc2)c1Cl. The van der Waals surface area contributed by atoms with Gasteiger partial charge in [-0.1, -0.05) is 34.5 Å². The number of alkyl halides is 1. The Morgan fingerprint density at radius 3 is 2.70 bits per heavy atom. The van der Waals surface area contributed by atoms with Gasteiger partial charge in [-0.05, 0) is 25.5 Å². The molecular weight excluding hydrogens is 342 g/mol. The molecule has 0 bridgehead atoms. The molecule has 2 aromatic rings. The lowest BCUT2D eigenvalue weighted by Gasteiger charge is -2.08. The van der Waals surface area contributed by atoms with E-state index >= 15 is 0 Å². The first-order valence-electron chi connectivity index (χ1n) is 6.57. The molecular formula is C14H17BrClN3O. The van der Waals surface area contributed by atoms with Crippen molar-refractivity contribution in [2.45, 2.75) is 38.8 Å². The van der Waals surface area contributed by atoms with E-state index in [4.69, 9.17) is 16.3 Å². The van der Waals surface area contributed by atoms with E-state index in [1.54, 1.807) is 6.20 Å². The van der Waals surface area contributed by atoms with Gasteiger partial charge >= 0.3 is 0 Å². The van der Waals surface area contributed by atoms with Crippen LogP contribution >= 0.6 is 27.5 Å². The maximum Gasteiger partial charge on any atom is 0.138 e. The Balaban J connectivity index is 2.11. The number of nitrogens with zero attached hydrogens (tertiary/aromatic N) is 3. The molecule has 108 valence electrons. The number of hydrogen-bond acceptors (Lipinski definition) is 3. The van der Waals surface area contributed by atoms with Crippen LogP contribution in [0.5, 0.6) is 5.75 Å². The molecule has 2 aromatic heterocycles. The molecule has 0 saturated heterocycles. The second kappa shape index (κ2) is 7.09. The molecule has 0 aliphatic carbocycles. The number of hydrogen-bond donors (Lipinski definition) is 0. The zero-order valence-corrected chi connectivity index (χ0v) is 13.9. The van der Waals surface area contributed by atoms with Gasteiger partial charge in [-0.25, -0.2) is 0 Å². The van der Waals surface area contributed by atoms with E-state index in [0.717, 1.165) is 41.1 Å². The minimum absolute atomic E-state index is 0.398. The third kappa shape index (κ3) is 3.33. The van der Waals surface area contributed by atoms with Gasteiger partial charge in [0.1, 0.15) is 12.4 Å². The molecule has 0 atom stereocenters. The maximum absolute atomic E-state index is 6.34. The Morgan fingerprint density at radius 1 is 1.35 bits per heavy atom. The minimum Gasteiger partial charge on any atom is -0.486 e. The van der Waals surface area contributed by atoms with Crippen molar-refractivity contribution in [3.05, 3.63) is 40.4 Å². The van der Waals surface area contributed by atoms with Crippen LogP contribution in [-0.2, 0) is 24.9 Å². The van der Waals surface area contributed by atoms with Gasteiger partial charge in [-0.15, -0.1) is 0 Å². The molecule has 0 N–H and O–H groups in total. The van der Waals surface area contributed by atoms with Crippen LogP contribution in [-0.4, -0.2) is 14.8 Å². The summed E-state index contributed by atoms with van der Waals surface area (Å²) < 4.78 is 7.64. The first-order chi connectivity index (χ1) is 9.69. The molecule has 0 saturated carbocycles. The fourth-order valence-electron chi connectivity index (χ4n) is 1.88. The molecule has 2 rings (SSSR count). The van der Waals surface area contributed by atoms with Crippen molar-refractivity contribution in [1.29, 1.82) is 0 Å². The Bertz CT molecular complexity index is 569. The van der Waals surface area contributed by atoms with Crippen LogP contribution in [0.15, 0.2) is 18.3 Å². The largest absolute Gasteiger partial charge is 0.486 e. The summed E-state index contributed by atoms with van der Waals surface area (Å²) in [5.41, 5.74) is 2.80. The summed E-state index contributed by atoms with van der Waals surface area (Å²) in [6.07, 6.45) is 2.54. The summed E-state index contributed by atoms with van der Waals surface area (Å²) in [7, 11) is 0. The minimum atomic E-state index is 0.398. The van der Waals surface area contributed by atoms with Gasteiger partial charge in [-0.3, -0.25) is 9.67 Å². The number of rotatable bonds is 6.